The van der Waals surface area contributed by atoms with Crippen LogP contribution in [-0.2, 0) is 7.05 Å². The minimum Gasteiger partial charge on any atom is -0.349 e. The number of rotatable bonds is 4. The molecule has 1 heterocycles. The first-order chi connectivity index (χ1) is 7.18. The number of amides is 1. The molecule has 0 spiro atoms. The molecule has 1 fully saturated rings. The molecule has 2 rings (SSSR count). The Kier molecular flexibility index (Phi) is 4.32. The fourth-order valence-corrected chi connectivity index (χ4v) is 1.59. The van der Waals surface area contributed by atoms with Gasteiger partial charge in [0.1, 0.15) is 5.69 Å². The maximum absolute atomic E-state index is 11.6. The molecule has 16 heavy (non-hydrogen) atoms. The summed E-state index contributed by atoms with van der Waals surface area (Å²) in [5.41, 5.74) is 6.45. The molecule has 0 saturated heterocycles. The zero-order valence-corrected chi connectivity index (χ0v) is 10.0. The van der Waals surface area contributed by atoms with Crippen LogP contribution in [0.4, 0.5) is 0 Å². The summed E-state index contributed by atoms with van der Waals surface area (Å²) >= 11 is 0. The molecule has 0 radical (unpaired) electrons. The number of carbonyl (C=O) groups excluding carboxylic acids is 1. The van der Waals surface area contributed by atoms with Gasteiger partial charge in [0.15, 0.2) is 0 Å². The third-order valence-electron chi connectivity index (χ3n) is 2.78. The average Bonchev–Trinajstić information content (AvgIpc) is 2.98. The summed E-state index contributed by atoms with van der Waals surface area (Å²) in [7, 11) is 1.75. The molecule has 0 aromatic carbocycles. The van der Waals surface area contributed by atoms with Crippen LogP contribution in [-0.4, -0.2) is 28.3 Å². The zero-order valence-electron chi connectivity index (χ0n) is 9.22. The highest BCUT2D eigenvalue weighted by molar-refractivity contribution is 5.92. The van der Waals surface area contributed by atoms with Crippen molar-refractivity contribution in [3.8, 4) is 0 Å². The van der Waals surface area contributed by atoms with Crippen LogP contribution in [0.5, 0.6) is 0 Å². The van der Waals surface area contributed by atoms with Gasteiger partial charge in [-0.15, -0.1) is 12.4 Å². The first-order valence-corrected chi connectivity index (χ1v) is 5.20. The van der Waals surface area contributed by atoms with E-state index in [1.54, 1.807) is 24.0 Å². The Morgan fingerprint density at radius 3 is 2.94 bits per heavy atom. The molecule has 1 unspecified atom stereocenters. The molecule has 5 nitrogen and oxygen atoms in total. The molecule has 0 aliphatic heterocycles. The van der Waals surface area contributed by atoms with Gasteiger partial charge in [-0.1, -0.05) is 0 Å². The van der Waals surface area contributed by atoms with Gasteiger partial charge in [-0.25, -0.2) is 0 Å². The lowest BCUT2D eigenvalue weighted by molar-refractivity contribution is 0.0941. The lowest BCUT2D eigenvalue weighted by Crippen LogP contribution is -2.39. The highest BCUT2D eigenvalue weighted by atomic mass is 35.5. The van der Waals surface area contributed by atoms with Gasteiger partial charge in [0.25, 0.3) is 5.91 Å². The number of hydrogen-bond donors (Lipinski definition) is 2. The summed E-state index contributed by atoms with van der Waals surface area (Å²) in [6.45, 7) is 0.550. The minimum absolute atomic E-state index is 0. The molecule has 1 aliphatic rings. The van der Waals surface area contributed by atoms with Gasteiger partial charge in [-0.3, -0.25) is 9.48 Å². The molecule has 1 aliphatic carbocycles. The van der Waals surface area contributed by atoms with Crippen LogP contribution in [0.2, 0.25) is 0 Å². The van der Waals surface area contributed by atoms with Crippen LogP contribution in [0.25, 0.3) is 0 Å². The number of nitrogens with two attached hydrogens (primary N) is 1. The van der Waals surface area contributed by atoms with Crippen molar-refractivity contribution < 1.29 is 4.79 Å². The van der Waals surface area contributed by atoms with Crippen molar-refractivity contribution in [3.05, 3.63) is 18.0 Å². The Balaban J connectivity index is 0.00000128. The molecular formula is C10H17ClN4O. The number of carbonyl (C=O) groups is 1. The number of nitrogens with zero attached hydrogens (tertiary/aromatic N) is 2. The number of halogens is 1. The van der Waals surface area contributed by atoms with E-state index < -0.39 is 0 Å². The highest BCUT2D eigenvalue weighted by Crippen LogP contribution is 2.31. The topological polar surface area (TPSA) is 72.9 Å². The van der Waals surface area contributed by atoms with Crippen molar-refractivity contribution in [2.75, 3.05) is 6.54 Å². The highest BCUT2D eigenvalue weighted by Gasteiger charge is 2.28. The van der Waals surface area contributed by atoms with Gasteiger partial charge >= 0.3 is 0 Å². The summed E-state index contributed by atoms with van der Waals surface area (Å²) in [5.74, 6) is 0.503. The summed E-state index contributed by atoms with van der Waals surface area (Å²) in [4.78, 5) is 11.6. The summed E-state index contributed by atoms with van der Waals surface area (Å²) in [6, 6.07) is 1.79. The minimum atomic E-state index is -0.105. The van der Waals surface area contributed by atoms with Crippen molar-refractivity contribution in [3.63, 3.8) is 0 Å². The van der Waals surface area contributed by atoms with Crippen molar-refractivity contribution in [2.24, 2.45) is 18.7 Å². The quantitative estimate of drug-likeness (QED) is 0.801. The molecule has 1 saturated carbocycles. The molecule has 0 bridgehead atoms. The molecule has 1 aromatic rings. The van der Waals surface area contributed by atoms with Crippen LogP contribution in [0.1, 0.15) is 23.3 Å². The molecule has 1 amide bonds. The third kappa shape index (κ3) is 2.96. The third-order valence-corrected chi connectivity index (χ3v) is 2.78. The van der Waals surface area contributed by atoms with Crippen LogP contribution in [0.3, 0.4) is 0 Å². The second-order valence-corrected chi connectivity index (χ2v) is 4.05. The molecule has 1 aromatic heterocycles. The van der Waals surface area contributed by atoms with E-state index in [0.29, 0.717) is 18.2 Å². The van der Waals surface area contributed by atoms with E-state index in [9.17, 15) is 4.79 Å². The SMILES string of the molecule is Cl.Cn1nccc1C(=O)NCC(N)C1CC1. The second-order valence-electron chi connectivity index (χ2n) is 4.05. The Labute approximate surface area is 101 Å². The average molecular weight is 245 g/mol. The van der Waals surface area contributed by atoms with Gasteiger partial charge in [0, 0.05) is 25.8 Å². The van der Waals surface area contributed by atoms with E-state index in [1.807, 2.05) is 0 Å². The van der Waals surface area contributed by atoms with E-state index in [0.717, 1.165) is 0 Å². The van der Waals surface area contributed by atoms with Crippen LogP contribution < -0.4 is 11.1 Å². The summed E-state index contributed by atoms with van der Waals surface area (Å²) in [5, 5.41) is 6.76. The number of aromatic nitrogens is 2. The van der Waals surface area contributed by atoms with Gasteiger partial charge in [-0.2, -0.15) is 5.10 Å². The lowest BCUT2D eigenvalue weighted by Gasteiger charge is -2.11. The van der Waals surface area contributed by atoms with Crippen molar-refractivity contribution in [1.29, 1.82) is 0 Å². The fourth-order valence-electron chi connectivity index (χ4n) is 1.59. The van der Waals surface area contributed by atoms with E-state index in [4.69, 9.17) is 5.73 Å². The maximum atomic E-state index is 11.6. The standard InChI is InChI=1S/C10H16N4O.ClH/c1-14-9(4-5-13-14)10(15)12-6-8(11)7-2-3-7;/h4-5,7-8H,2-3,6,11H2,1H3,(H,12,15);1H. The monoisotopic (exact) mass is 244 g/mol. The second kappa shape index (κ2) is 5.32. The fraction of sp³-hybridized carbons (Fsp3) is 0.600. The smallest absolute Gasteiger partial charge is 0.269 e. The lowest BCUT2D eigenvalue weighted by atomic mass is 10.2. The molecule has 6 heteroatoms. The predicted octanol–water partition coefficient (Wildman–Crippen LogP) is 0.309. The van der Waals surface area contributed by atoms with Crippen LogP contribution in [0, 0.1) is 5.92 Å². The number of aryl methyl sites for hydroxylation is 1. The van der Waals surface area contributed by atoms with Crippen LogP contribution in [0.15, 0.2) is 12.3 Å². The van der Waals surface area contributed by atoms with Crippen molar-refractivity contribution in [2.45, 2.75) is 18.9 Å². The van der Waals surface area contributed by atoms with Gasteiger partial charge < -0.3 is 11.1 Å². The Bertz CT molecular complexity index is 361. The summed E-state index contributed by atoms with van der Waals surface area (Å²) < 4.78 is 1.55. The first kappa shape index (κ1) is 13.0. The molecular weight excluding hydrogens is 228 g/mol. The van der Waals surface area contributed by atoms with E-state index >= 15 is 0 Å². The van der Waals surface area contributed by atoms with Crippen LogP contribution >= 0.6 is 12.4 Å². The maximum Gasteiger partial charge on any atom is 0.269 e. The Morgan fingerprint density at radius 2 is 2.44 bits per heavy atom. The van der Waals surface area contributed by atoms with E-state index in [2.05, 4.69) is 10.4 Å². The molecule has 90 valence electrons. The van der Waals surface area contributed by atoms with Gasteiger partial charge in [0.05, 0.1) is 0 Å². The van der Waals surface area contributed by atoms with E-state index in [1.165, 1.54) is 12.8 Å². The molecule has 1 atom stereocenters. The number of hydrogen-bond acceptors (Lipinski definition) is 3. The molecule has 3 N–H and O–H groups in total. The summed E-state index contributed by atoms with van der Waals surface area (Å²) in [6.07, 6.45) is 4.00. The van der Waals surface area contributed by atoms with Gasteiger partial charge in [-0.05, 0) is 24.8 Å². The Morgan fingerprint density at radius 1 is 1.75 bits per heavy atom. The predicted molar refractivity (Wildman–Crippen MR) is 63.5 cm³/mol. The Hall–Kier alpha value is -1.07. The van der Waals surface area contributed by atoms with Crippen molar-refractivity contribution >= 4 is 18.3 Å². The number of nitrogens with one attached hydrogen (secondary N) is 1. The van der Waals surface area contributed by atoms with E-state index in [-0.39, 0.29) is 24.4 Å². The first-order valence-electron chi connectivity index (χ1n) is 5.20. The normalized spacial score (nSPS) is 16.4. The van der Waals surface area contributed by atoms with Crippen molar-refractivity contribution in [1.82, 2.24) is 15.1 Å². The van der Waals surface area contributed by atoms with Gasteiger partial charge in [0.2, 0.25) is 0 Å². The zero-order chi connectivity index (χ0) is 10.8. The largest absolute Gasteiger partial charge is 0.349 e.